The summed E-state index contributed by atoms with van der Waals surface area (Å²) in [4.78, 5) is 7.84. The summed E-state index contributed by atoms with van der Waals surface area (Å²) < 4.78 is 0. The summed E-state index contributed by atoms with van der Waals surface area (Å²) in [7, 11) is 0. The van der Waals surface area contributed by atoms with Crippen LogP contribution in [0.15, 0.2) is 18.2 Å². The molecule has 1 aromatic carbocycles. The second-order valence-electron chi connectivity index (χ2n) is 6.29. The van der Waals surface area contributed by atoms with Gasteiger partial charge in [0.15, 0.2) is 0 Å². The number of hydrogen-bond donors (Lipinski definition) is 2. The molecule has 3 nitrogen and oxygen atoms in total. The van der Waals surface area contributed by atoms with Crippen molar-refractivity contribution in [2.24, 2.45) is 5.73 Å². The van der Waals surface area contributed by atoms with Gasteiger partial charge in [0.2, 0.25) is 0 Å². The SMILES string of the molecule is CC(C)(C)c1ccc2nc(C(C)(C)N)[nH]c2c1. The third kappa shape index (κ3) is 2.34. The third-order valence-corrected chi connectivity index (χ3v) is 2.96. The van der Waals surface area contributed by atoms with Crippen LogP contribution in [0.25, 0.3) is 11.0 Å². The van der Waals surface area contributed by atoms with Gasteiger partial charge in [0, 0.05) is 0 Å². The predicted octanol–water partition coefficient (Wildman–Crippen LogP) is 3.05. The van der Waals surface area contributed by atoms with Crippen LogP contribution in [0.1, 0.15) is 46.0 Å². The molecule has 0 saturated heterocycles. The van der Waals surface area contributed by atoms with Crippen LogP contribution in [0.3, 0.4) is 0 Å². The van der Waals surface area contributed by atoms with Crippen molar-refractivity contribution >= 4 is 11.0 Å². The molecule has 0 fully saturated rings. The molecule has 0 unspecified atom stereocenters. The Labute approximate surface area is 102 Å². The molecule has 0 bridgehead atoms. The number of benzene rings is 1. The fourth-order valence-corrected chi connectivity index (χ4v) is 1.78. The van der Waals surface area contributed by atoms with Crippen LogP contribution in [0, 0.1) is 0 Å². The Balaban J connectivity index is 2.56. The third-order valence-electron chi connectivity index (χ3n) is 2.96. The Bertz CT molecular complexity index is 527. The smallest absolute Gasteiger partial charge is 0.126 e. The highest BCUT2D eigenvalue weighted by Crippen LogP contribution is 2.26. The van der Waals surface area contributed by atoms with Gasteiger partial charge in [-0.3, -0.25) is 0 Å². The highest BCUT2D eigenvalue weighted by Gasteiger charge is 2.20. The molecule has 92 valence electrons. The van der Waals surface area contributed by atoms with E-state index in [2.05, 4.69) is 48.9 Å². The zero-order valence-electron chi connectivity index (χ0n) is 11.3. The van der Waals surface area contributed by atoms with E-state index in [9.17, 15) is 0 Å². The van der Waals surface area contributed by atoms with Crippen molar-refractivity contribution in [3.05, 3.63) is 29.6 Å². The molecular weight excluding hydrogens is 210 g/mol. The number of fused-ring (bicyclic) bond motifs is 1. The van der Waals surface area contributed by atoms with Crippen molar-refractivity contribution in [3.63, 3.8) is 0 Å². The van der Waals surface area contributed by atoms with Crippen molar-refractivity contribution < 1.29 is 0 Å². The summed E-state index contributed by atoms with van der Waals surface area (Å²) in [5.74, 6) is 0.832. The monoisotopic (exact) mass is 231 g/mol. The maximum atomic E-state index is 6.05. The number of hydrogen-bond acceptors (Lipinski definition) is 2. The maximum Gasteiger partial charge on any atom is 0.126 e. The number of nitrogens with two attached hydrogens (primary N) is 1. The number of aromatic amines is 1. The molecule has 2 rings (SSSR count). The van der Waals surface area contributed by atoms with Crippen LogP contribution in [-0.4, -0.2) is 9.97 Å². The minimum atomic E-state index is -0.430. The first-order valence-electron chi connectivity index (χ1n) is 5.97. The molecule has 0 saturated carbocycles. The predicted molar refractivity (Wildman–Crippen MR) is 72.0 cm³/mol. The Hall–Kier alpha value is -1.35. The molecule has 0 aliphatic rings. The van der Waals surface area contributed by atoms with Crippen molar-refractivity contribution in [1.29, 1.82) is 0 Å². The molecule has 1 aromatic heterocycles. The largest absolute Gasteiger partial charge is 0.340 e. The van der Waals surface area contributed by atoms with Gasteiger partial charge in [0.1, 0.15) is 5.82 Å². The summed E-state index contributed by atoms with van der Waals surface area (Å²) in [6.07, 6.45) is 0. The molecule has 2 aromatic rings. The van der Waals surface area contributed by atoms with Gasteiger partial charge >= 0.3 is 0 Å². The summed E-state index contributed by atoms with van der Waals surface area (Å²) in [5.41, 5.74) is 9.11. The first kappa shape index (κ1) is 12.1. The summed E-state index contributed by atoms with van der Waals surface area (Å²) >= 11 is 0. The van der Waals surface area contributed by atoms with Gasteiger partial charge in [-0.2, -0.15) is 0 Å². The summed E-state index contributed by atoms with van der Waals surface area (Å²) in [6, 6.07) is 6.36. The fraction of sp³-hybridized carbons (Fsp3) is 0.500. The molecule has 0 spiro atoms. The number of nitrogens with zero attached hydrogens (tertiary/aromatic N) is 1. The second-order valence-corrected chi connectivity index (χ2v) is 6.29. The highest BCUT2D eigenvalue weighted by molar-refractivity contribution is 5.76. The number of aromatic nitrogens is 2. The van der Waals surface area contributed by atoms with Crippen LogP contribution in [-0.2, 0) is 11.0 Å². The normalized spacial score (nSPS) is 13.3. The molecule has 3 heteroatoms. The van der Waals surface area contributed by atoms with Crippen molar-refractivity contribution in [2.45, 2.75) is 45.6 Å². The lowest BCUT2D eigenvalue weighted by molar-refractivity contribution is 0.522. The number of imidazole rings is 1. The molecule has 0 aliphatic heterocycles. The first-order chi connectivity index (χ1) is 7.68. The lowest BCUT2D eigenvalue weighted by Crippen LogP contribution is -2.30. The zero-order chi connectivity index (χ0) is 12.8. The standard InChI is InChI=1S/C14H21N3/c1-13(2,3)9-6-7-10-11(8-9)17-12(16-10)14(4,5)15/h6-8H,15H2,1-5H3,(H,16,17). The summed E-state index contributed by atoms with van der Waals surface area (Å²) in [5, 5.41) is 0. The molecule has 3 N–H and O–H groups in total. The lowest BCUT2D eigenvalue weighted by Gasteiger charge is -2.18. The maximum absolute atomic E-state index is 6.05. The molecular formula is C14H21N3. The molecule has 1 heterocycles. The van der Waals surface area contributed by atoms with Gasteiger partial charge in [-0.05, 0) is 37.0 Å². The van der Waals surface area contributed by atoms with E-state index in [1.54, 1.807) is 0 Å². The van der Waals surface area contributed by atoms with E-state index >= 15 is 0 Å². The van der Waals surface area contributed by atoms with Crippen LogP contribution >= 0.6 is 0 Å². The Morgan fingerprint density at radius 2 is 1.76 bits per heavy atom. The fourth-order valence-electron chi connectivity index (χ4n) is 1.78. The van der Waals surface area contributed by atoms with E-state index in [0.29, 0.717) is 0 Å². The van der Waals surface area contributed by atoms with E-state index in [4.69, 9.17) is 5.73 Å². The number of H-pyrrole nitrogens is 1. The van der Waals surface area contributed by atoms with Crippen LogP contribution in [0.5, 0.6) is 0 Å². The van der Waals surface area contributed by atoms with Gasteiger partial charge in [0.05, 0.1) is 16.6 Å². The average molecular weight is 231 g/mol. The molecule has 0 amide bonds. The van der Waals surface area contributed by atoms with Crippen molar-refractivity contribution in [3.8, 4) is 0 Å². The topological polar surface area (TPSA) is 54.7 Å². The minimum Gasteiger partial charge on any atom is -0.340 e. The second kappa shape index (κ2) is 3.57. The van der Waals surface area contributed by atoms with Crippen LogP contribution in [0.4, 0.5) is 0 Å². The van der Waals surface area contributed by atoms with E-state index in [-0.39, 0.29) is 5.41 Å². The van der Waals surface area contributed by atoms with E-state index < -0.39 is 5.54 Å². The lowest BCUT2D eigenvalue weighted by atomic mass is 9.87. The van der Waals surface area contributed by atoms with Gasteiger partial charge in [-0.1, -0.05) is 26.8 Å². The minimum absolute atomic E-state index is 0.150. The van der Waals surface area contributed by atoms with E-state index in [1.807, 2.05) is 13.8 Å². The number of rotatable bonds is 1. The van der Waals surface area contributed by atoms with Gasteiger partial charge in [-0.15, -0.1) is 0 Å². The van der Waals surface area contributed by atoms with Gasteiger partial charge < -0.3 is 10.7 Å². The van der Waals surface area contributed by atoms with E-state index in [0.717, 1.165) is 16.9 Å². The Morgan fingerprint density at radius 1 is 1.12 bits per heavy atom. The van der Waals surface area contributed by atoms with E-state index in [1.165, 1.54) is 5.56 Å². The average Bonchev–Trinajstić information content (AvgIpc) is 2.57. The number of nitrogens with one attached hydrogen (secondary N) is 1. The van der Waals surface area contributed by atoms with Crippen LogP contribution in [0.2, 0.25) is 0 Å². The van der Waals surface area contributed by atoms with Crippen LogP contribution < -0.4 is 5.73 Å². The first-order valence-corrected chi connectivity index (χ1v) is 5.97. The summed E-state index contributed by atoms with van der Waals surface area (Å²) in [6.45, 7) is 10.5. The Kier molecular flexibility index (Phi) is 2.54. The Morgan fingerprint density at radius 3 is 2.29 bits per heavy atom. The molecule has 0 radical (unpaired) electrons. The quantitative estimate of drug-likeness (QED) is 0.792. The zero-order valence-corrected chi connectivity index (χ0v) is 11.3. The molecule has 0 atom stereocenters. The van der Waals surface area contributed by atoms with Crippen molar-refractivity contribution in [1.82, 2.24) is 9.97 Å². The van der Waals surface area contributed by atoms with Crippen molar-refractivity contribution in [2.75, 3.05) is 0 Å². The highest BCUT2D eigenvalue weighted by atomic mass is 15.0. The molecule has 0 aliphatic carbocycles. The molecule has 17 heavy (non-hydrogen) atoms. The van der Waals surface area contributed by atoms with Gasteiger partial charge in [0.25, 0.3) is 0 Å². The van der Waals surface area contributed by atoms with Gasteiger partial charge in [-0.25, -0.2) is 4.98 Å².